The van der Waals surface area contributed by atoms with Crippen molar-refractivity contribution in [2.75, 3.05) is 46.9 Å². The summed E-state index contributed by atoms with van der Waals surface area (Å²) < 4.78 is 18.8. The van der Waals surface area contributed by atoms with Gasteiger partial charge in [0.05, 0.1) is 6.61 Å². The van der Waals surface area contributed by atoms with Gasteiger partial charge in [0, 0.05) is 45.2 Å². The Hall–Kier alpha value is -2.84. The number of likely N-dealkylation sites (N-methyl/N-ethyl adjacent to an activating group) is 1. The van der Waals surface area contributed by atoms with Crippen LogP contribution < -0.4 is 10.6 Å². The standard InChI is InChI=1S/C23H34FN5O3/c1-4-32-22(31)29-12-8-19(9-13-29)27-21(25-15-20(30)28(2)3)26-16-23(10-11-23)17-6-5-7-18(24)14-17/h5-7,14,19H,4,8-13,15-16H2,1-3H3,(H2,25,26,27). The zero-order valence-electron chi connectivity index (χ0n) is 19.2. The summed E-state index contributed by atoms with van der Waals surface area (Å²) in [6.45, 7) is 4.02. The predicted molar refractivity (Wildman–Crippen MR) is 121 cm³/mol. The van der Waals surface area contributed by atoms with Crippen LogP contribution in [0.25, 0.3) is 0 Å². The van der Waals surface area contributed by atoms with Gasteiger partial charge in [0.2, 0.25) is 5.91 Å². The van der Waals surface area contributed by atoms with Crippen LogP contribution in [0.2, 0.25) is 0 Å². The van der Waals surface area contributed by atoms with Crippen molar-refractivity contribution in [3.63, 3.8) is 0 Å². The Morgan fingerprint density at radius 1 is 1.28 bits per heavy atom. The van der Waals surface area contributed by atoms with Crippen molar-refractivity contribution in [2.45, 2.75) is 44.1 Å². The number of hydrogen-bond acceptors (Lipinski definition) is 4. The van der Waals surface area contributed by atoms with Gasteiger partial charge < -0.3 is 25.2 Å². The Kier molecular flexibility index (Phi) is 7.93. The lowest BCUT2D eigenvalue weighted by atomic mass is 9.96. The monoisotopic (exact) mass is 447 g/mol. The molecule has 8 nitrogen and oxygen atoms in total. The fraction of sp³-hybridized carbons (Fsp3) is 0.609. The number of benzene rings is 1. The fourth-order valence-corrected chi connectivity index (χ4v) is 3.84. The molecule has 1 aromatic rings. The number of hydrogen-bond donors (Lipinski definition) is 2. The molecule has 0 unspecified atom stereocenters. The molecule has 1 aliphatic heterocycles. The Bertz CT molecular complexity index is 833. The molecular weight excluding hydrogens is 413 g/mol. The van der Waals surface area contributed by atoms with Crippen LogP contribution in [0.15, 0.2) is 29.3 Å². The second kappa shape index (κ2) is 10.7. The molecule has 9 heteroatoms. The van der Waals surface area contributed by atoms with Crippen LogP contribution in [0.1, 0.15) is 38.2 Å². The van der Waals surface area contributed by atoms with Crippen LogP contribution >= 0.6 is 0 Å². The number of aliphatic imine (C=N–C) groups is 1. The third-order valence-corrected chi connectivity index (χ3v) is 6.12. The van der Waals surface area contributed by atoms with Gasteiger partial charge in [0.15, 0.2) is 5.96 Å². The van der Waals surface area contributed by atoms with Crippen LogP contribution in [0.3, 0.4) is 0 Å². The van der Waals surface area contributed by atoms with E-state index >= 15 is 0 Å². The highest BCUT2D eigenvalue weighted by atomic mass is 19.1. The van der Waals surface area contributed by atoms with Gasteiger partial charge in [0.1, 0.15) is 12.4 Å². The summed E-state index contributed by atoms with van der Waals surface area (Å²) in [5, 5.41) is 6.80. The molecule has 0 radical (unpaired) electrons. The number of halogens is 1. The van der Waals surface area contributed by atoms with Crippen LogP contribution in [0.4, 0.5) is 9.18 Å². The highest BCUT2D eigenvalue weighted by Crippen LogP contribution is 2.47. The molecule has 0 bridgehead atoms. The van der Waals surface area contributed by atoms with E-state index in [0.717, 1.165) is 31.2 Å². The van der Waals surface area contributed by atoms with E-state index < -0.39 is 0 Å². The Morgan fingerprint density at radius 2 is 2.00 bits per heavy atom. The minimum absolute atomic E-state index is 0.0387. The maximum Gasteiger partial charge on any atom is 0.409 e. The first-order valence-electron chi connectivity index (χ1n) is 11.3. The van der Waals surface area contributed by atoms with Gasteiger partial charge in [-0.15, -0.1) is 0 Å². The van der Waals surface area contributed by atoms with Crippen molar-refractivity contribution in [3.8, 4) is 0 Å². The van der Waals surface area contributed by atoms with E-state index in [4.69, 9.17) is 4.74 Å². The van der Waals surface area contributed by atoms with E-state index in [1.54, 1.807) is 38.1 Å². The first-order valence-corrected chi connectivity index (χ1v) is 11.3. The highest BCUT2D eigenvalue weighted by Gasteiger charge is 2.44. The Labute approximate surface area is 189 Å². The summed E-state index contributed by atoms with van der Waals surface area (Å²) in [7, 11) is 3.40. The first kappa shape index (κ1) is 23.8. The van der Waals surface area contributed by atoms with Gasteiger partial charge in [-0.1, -0.05) is 12.1 Å². The largest absolute Gasteiger partial charge is 0.450 e. The van der Waals surface area contributed by atoms with E-state index in [-0.39, 0.29) is 35.8 Å². The number of likely N-dealkylation sites (tertiary alicyclic amines) is 1. The molecule has 2 aliphatic rings. The maximum atomic E-state index is 13.7. The molecule has 2 fully saturated rings. The smallest absolute Gasteiger partial charge is 0.409 e. The van der Waals surface area contributed by atoms with Crippen LogP contribution in [0.5, 0.6) is 0 Å². The molecule has 1 saturated carbocycles. The molecule has 2 amide bonds. The number of piperidine rings is 1. The minimum Gasteiger partial charge on any atom is -0.450 e. The molecule has 176 valence electrons. The molecule has 32 heavy (non-hydrogen) atoms. The van der Waals surface area contributed by atoms with Crippen LogP contribution in [-0.4, -0.2) is 80.7 Å². The van der Waals surface area contributed by atoms with E-state index in [0.29, 0.717) is 32.2 Å². The lowest BCUT2D eigenvalue weighted by Gasteiger charge is -2.32. The van der Waals surface area contributed by atoms with Gasteiger partial charge in [-0.2, -0.15) is 0 Å². The number of nitrogens with zero attached hydrogens (tertiary/aromatic N) is 3. The lowest BCUT2D eigenvalue weighted by Crippen LogP contribution is -2.51. The summed E-state index contributed by atoms with van der Waals surface area (Å²) in [5.41, 5.74) is 0.875. The van der Waals surface area contributed by atoms with E-state index in [9.17, 15) is 14.0 Å². The zero-order valence-corrected chi connectivity index (χ0v) is 19.2. The SMILES string of the molecule is CCOC(=O)N1CCC(NC(=NCC(=O)N(C)C)NCC2(c3cccc(F)c3)CC2)CC1. The van der Waals surface area contributed by atoms with E-state index in [1.165, 1.54) is 11.0 Å². The average Bonchev–Trinajstić information content (AvgIpc) is 3.57. The van der Waals surface area contributed by atoms with E-state index in [2.05, 4.69) is 15.6 Å². The molecule has 1 heterocycles. The third-order valence-electron chi connectivity index (χ3n) is 6.12. The number of nitrogens with one attached hydrogen (secondary N) is 2. The van der Waals surface area contributed by atoms with Crippen molar-refractivity contribution >= 4 is 18.0 Å². The minimum atomic E-state index is -0.277. The van der Waals surface area contributed by atoms with Crippen molar-refractivity contribution in [1.29, 1.82) is 0 Å². The van der Waals surface area contributed by atoms with Gasteiger partial charge in [-0.25, -0.2) is 14.2 Å². The Morgan fingerprint density at radius 3 is 2.59 bits per heavy atom. The van der Waals surface area contributed by atoms with Gasteiger partial charge in [-0.05, 0) is 50.3 Å². The maximum absolute atomic E-state index is 13.7. The van der Waals surface area contributed by atoms with Gasteiger partial charge in [0.25, 0.3) is 0 Å². The lowest BCUT2D eigenvalue weighted by molar-refractivity contribution is -0.127. The molecule has 3 rings (SSSR count). The van der Waals surface area contributed by atoms with Crippen LogP contribution in [0, 0.1) is 5.82 Å². The average molecular weight is 448 g/mol. The second-order valence-corrected chi connectivity index (χ2v) is 8.70. The zero-order chi connectivity index (χ0) is 23.1. The van der Waals surface area contributed by atoms with Crippen molar-refractivity contribution in [1.82, 2.24) is 20.4 Å². The number of carbonyl (C=O) groups excluding carboxylic acids is 2. The predicted octanol–water partition coefficient (Wildman–Crippen LogP) is 2.10. The summed E-state index contributed by atoms with van der Waals surface area (Å²) in [6.07, 6.45) is 3.20. The summed E-state index contributed by atoms with van der Waals surface area (Å²) in [4.78, 5) is 31.7. The molecule has 0 atom stereocenters. The molecule has 2 N–H and O–H groups in total. The molecule has 1 saturated heterocycles. The Balaban J connectivity index is 1.61. The number of carbonyl (C=O) groups is 2. The molecule has 0 spiro atoms. The molecule has 1 aliphatic carbocycles. The summed E-state index contributed by atoms with van der Waals surface area (Å²) >= 11 is 0. The van der Waals surface area contributed by atoms with Gasteiger partial charge >= 0.3 is 6.09 Å². The van der Waals surface area contributed by atoms with Crippen molar-refractivity contribution in [2.24, 2.45) is 4.99 Å². The first-order chi connectivity index (χ1) is 15.3. The normalized spacial score (nSPS) is 18.1. The second-order valence-electron chi connectivity index (χ2n) is 8.70. The van der Waals surface area contributed by atoms with Crippen molar-refractivity contribution in [3.05, 3.63) is 35.6 Å². The van der Waals surface area contributed by atoms with Crippen LogP contribution in [-0.2, 0) is 14.9 Å². The highest BCUT2D eigenvalue weighted by molar-refractivity contribution is 5.85. The van der Waals surface area contributed by atoms with Gasteiger partial charge in [-0.3, -0.25) is 4.79 Å². The number of amides is 2. The number of rotatable bonds is 7. The number of ether oxygens (including phenoxy) is 1. The van der Waals surface area contributed by atoms with Crippen molar-refractivity contribution < 1.29 is 18.7 Å². The quantitative estimate of drug-likeness (QED) is 0.494. The molecule has 1 aromatic carbocycles. The summed E-state index contributed by atoms with van der Waals surface area (Å²) in [6, 6.07) is 6.88. The number of guanidine groups is 1. The third kappa shape index (κ3) is 6.34. The molecule has 0 aromatic heterocycles. The topological polar surface area (TPSA) is 86.3 Å². The molecular formula is C23H34FN5O3. The summed E-state index contributed by atoms with van der Waals surface area (Å²) in [5.74, 6) is 0.248. The van der Waals surface area contributed by atoms with E-state index in [1.807, 2.05) is 6.07 Å². The fourth-order valence-electron chi connectivity index (χ4n) is 3.84.